The summed E-state index contributed by atoms with van der Waals surface area (Å²) >= 11 is 6.07. The average molecular weight is 395 g/mol. The van der Waals surface area contributed by atoms with E-state index in [4.69, 9.17) is 16.3 Å². The predicted molar refractivity (Wildman–Crippen MR) is 114 cm³/mol. The van der Waals surface area contributed by atoms with E-state index in [1.807, 2.05) is 79.7 Å². The molecule has 0 bridgehead atoms. The Kier molecular flexibility index (Phi) is 6.69. The number of rotatable bonds is 7. The first-order valence-electron chi connectivity index (χ1n) is 9.05. The van der Waals surface area contributed by atoms with Gasteiger partial charge in [-0.3, -0.25) is 10.1 Å². The van der Waals surface area contributed by atoms with Crippen LogP contribution < -0.4 is 15.4 Å². The topological polar surface area (TPSA) is 50.4 Å². The summed E-state index contributed by atoms with van der Waals surface area (Å²) in [7, 11) is 1.59. The van der Waals surface area contributed by atoms with E-state index in [1.165, 1.54) is 0 Å². The molecule has 5 heteroatoms. The molecule has 28 heavy (non-hydrogen) atoms. The van der Waals surface area contributed by atoms with Crippen molar-refractivity contribution in [2.45, 2.75) is 19.5 Å². The van der Waals surface area contributed by atoms with Crippen LogP contribution in [-0.4, -0.2) is 13.0 Å². The van der Waals surface area contributed by atoms with E-state index >= 15 is 0 Å². The fraction of sp³-hybridized carbons (Fsp3) is 0.174. The van der Waals surface area contributed by atoms with E-state index in [0.29, 0.717) is 23.0 Å². The highest BCUT2D eigenvalue weighted by atomic mass is 35.5. The Labute approximate surface area is 170 Å². The lowest BCUT2D eigenvalue weighted by molar-refractivity contribution is -0.118. The number of halogens is 1. The molecule has 4 nitrogen and oxygen atoms in total. The van der Waals surface area contributed by atoms with Crippen LogP contribution in [0.5, 0.6) is 5.75 Å². The number of benzene rings is 3. The van der Waals surface area contributed by atoms with E-state index in [9.17, 15) is 4.79 Å². The van der Waals surface area contributed by atoms with Gasteiger partial charge in [-0.1, -0.05) is 60.1 Å². The molecular weight excluding hydrogens is 372 g/mol. The molecule has 0 fully saturated rings. The van der Waals surface area contributed by atoms with Gasteiger partial charge >= 0.3 is 0 Å². The zero-order chi connectivity index (χ0) is 19.9. The summed E-state index contributed by atoms with van der Waals surface area (Å²) < 4.78 is 5.38. The molecule has 1 atom stereocenters. The molecule has 1 amide bonds. The van der Waals surface area contributed by atoms with Crippen molar-refractivity contribution >= 4 is 23.2 Å². The van der Waals surface area contributed by atoms with Gasteiger partial charge in [-0.05, 0) is 47.9 Å². The fourth-order valence-corrected chi connectivity index (χ4v) is 3.21. The lowest BCUT2D eigenvalue weighted by atomic mass is 10.1. The number of hydrogen-bond acceptors (Lipinski definition) is 3. The molecule has 3 aromatic rings. The highest BCUT2D eigenvalue weighted by Crippen LogP contribution is 2.27. The predicted octanol–water partition coefficient (Wildman–Crippen LogP) is 5.13. The van der Waals surface area contributed by atoms with Crippen LogP contribution >= 0.6 is 11.6 Å². The maximum Gasteiger partial charge on any atom is 0.246 e. The molecule has 0 saturated heterocycles. The molecule has 0 aliphatic rings. The Morgan fingerprint density at radius 1 is 1.04 bits per heavy atom. The third-order valence-corrected chi connectivity index (χ3v) is 4.64. The smallest absolute Gasteiger partial charge is 0.246 e. The molecule has 0 spiro atoms. The van der Waals surface area contributed by atoms with Crippen molar-refractivity contribution in [1.29, 1.82) is 0 Å². The van der Waals surface area contributed by atoms with Crippen molar-refractivity contribution in [2.75, 3.05) is 12.4 Å². The number of nitrogens with one attached hydrogen (secondary N) is 2. The SMILES string of the molecule is COc1ccc(C)cc1NC(=O)[C@H](NCc1cccc(Cl)c1)c1ccccc1. The van der Waals surface area contributed by atoms with Crippen LogP contribution in [0, 0.1) is 6.92 Å². The van der Waals surface area contributed by atoms with Gasteiger partial charge < -0.3 is 10.1 Å². The summed E-state index contributed by atoms with van der Waals surface area (Å²) in [6, 6.07) is 22.4. The number of ether oxygens (including phenoxy) is 1. The van der Waals surface area contributed by atoms with Crippen LogP contribution in [0.2, 0.25) is 5.02 Å². The van der Waals surface area contributed by atoms with Crippen LogP contribution in [0.15, 0.2) is 72.8 Å². The van der Waals surface area contributed by atoms with Gasteiger partial charge in [0, 0.05) is 11.6 Å². The van der Waals surface area contributed by atoms with Crippen molar-refractivity contribution in [3.8, 4) is 5.75 Å². The van der Waals surface area contributed by atoms with Gasteiger partial charge in [-0.15, -0.1) is 0 Å². The van der Waals surface area contributed by atoms with E-state index in [1.54, 1.807) is 7.11 Å². The summed E-state index contributed by atoms with van der Waals surface area (Å²) in [6.07, 6.45) is 0. The molecule has 0 unspecified atom stereocenters. The molecule has 0 heterocycles. The standard InChI is InChI=1S/C23H23ClN2O2/c1-16-11-12-21(28-2)20(13-16)26-23(27)22(18-8-4-3-5-9-18)25-15-17-7-6-10-19(24)14-17/h3-14,22,25H,15H2,1-2H3,(H,26,27)/t22-/m1/s1. The Bertz CT molecular complexity index is 944. The first kappa shape index (κ1) is 19.9. The van der Waals surface area contributed by atoms with Gasteiger partial charge in [0.2, 0.25) is 5.91 Å². The zero-order valence-corrected chi connectivity index (χ0v) is 16.7. The van der Waals surface area contributed by atoms with Crippen LogP contribution in [-0.2, 0) is 11.3 Å². The van der Waals surface area contributed by atoms with Gasteiger partial charge in [0.1, 0.15) is 11.8 Å². The van der Waals surface area contributed by atoms with Gasteiger partial charge in [0.15, 0.2) is 0 Å². The van der Waals surface area contributed by atoms with Gasteiger partial charge in [0.25, 0.3) is 0 Å². The average Bonchev–Trinajstić information content (AvgIpc) is 2.69. The van der Waals surface area contributed by atoms with E-state index in [2.05, 4.69) is 10.6 Å². The maximum atomic E-state index is 13.1. The first-order chi connectivity index (χ1) is 13.6. The summed E-state index contributed by atoms with van der Waals surface area (Å²) in [5, 5.41) is 7.01. The number of anilines is 1. The summed E-state index contributed by atoms with van der Waals surface area (Å²) in [6.45, 7) is 2.49. The highest BCUT2D eigenvalue weighted by molar-refractivity contribution is 6.30. The molecule has 0 saturated carbocycles. The lowest BCUT2D eigenvalue weighted by Crippen LogP contribution is -2.32. The number of carbonyl (C=O) groups excluding carboxylic acids is 1. The largest absolute Gasteiger partial charge is 0.495 e. The molecule has 144 valence electrons. The molecule has 2 N–H and O–H groups in total. The van der Waals surface area contributed by atoms with Crippen LogP contribution in [0.4, 0.5) is 5.69 Å². The zero-order valence-electron chi connectivity index (χ0n) is 15.9. The maximum absolute atomic E-state index is 13.1. The second-order valence-corrected chi connectivity index (χ2v) is 6.98. The van der Waals surface area contributed by atoms with E-state index in [-0.39, 0.29) is 5.91 Å². The fourth-order valence-electron chi connectivity index (χ4n) is 3.00. The first-order valence-corrected chi connectivity index (χ1v) is 9.43. The molecule has 3 rings (SSSR count). The highest BCUT2D eigenvalue weighted by Gasteiger charge is 2.21. The molecule has 0 aromatic heterocycles. The molecule has 0 aliphatic heterocycles. The molecule has 0 aliphatic carbocycles. The summed E-state index contributed by atoms with van der Waals surface area (Å²) in [4.78, 5) is 13.1. The Hall–Kier alpha value is -2.82. The van der Waals surface area contributed by atoms with Crippen molar-refractivity contribution in [2.24, 2.45) is 0 Å². The molecular formula is C23H23ClN2O2. The number of carbonyl (C=O) groups is 1. The Balaban J connectivity index is 1.82. The van der Waals surface area contributed by atoms with Crippen molar-refractivity contribution in [1.82, 2.24) is 5.32 Å². The number of methoxy groups -OCH3 is 1. The minimum Gasteiger partial charge on any atom is -0.495 e. The van der Waals surface area contributed by atoms with Crippen molar-refractivity contribution < 1.29 is 9.53 Å². The Morgan fingerprint density at radius 3 is 2.54 bits per heavy atom. The van der Waals surface area contributed by atoms with Crippen LogP contribution in [0.1, 0.15) is 22.7 Å². The van der Waals surface area contributed by atoms with Crippen LogP contribution in [0.25, 0.3) is 0 Å². The second-order valence-electron chi connectivity index (χ2n) is 6.55. The number of hydrogen-bond donors (Lipinski definition) is 2. The normalized spacial score (nSPS) is 11.7. The lowest BCUT2D eigenvalue weighted by Gasteiger charge is -2.20. The second kappa shape index (κ2) is 9.40. The van der Waals surface area contributed by atoms with Gasteiger partial charge in [-0.25, -0.2) is 0 Å². The van der Waals surface area contributed by atoms with Gasteiger partial charge in [0.05, 0.1) is 12.8 Å². The summed E-state index contributed by atoms with van der Waals surface area (Å²) in [5.41, 5.74) is 3.58. The third-order valence-electron chi connectivity index (χ3n) is 4.41. The Morgan fingerprint density at radius 2 is 1.82 bits per heavy atom. The van der Waals surface area contributed by atoms with Crippen LogP contribution in [0.3, 0.4) is 0 Å². The monoisotopic (exact) mass is 394 g/mol. The van der Waals surface area contributed by atoms with E-state index < -0.39 is 6.04 Å². The quantitative estimate of drug-likeness (QED) is 0.584. The van der Waals surface area contributed by atoms with E-state index in [0.717, 1.165) is 16.7 Å². The minimum atomic E-state index is -0.523. The van der Waals surface area contributed by atoms with Crippen molar-refractivity contribution in [3.05, 3.63) is 94.5 Å². The minimum absolute atomic E-state index is 0.155. The summed E-state index contributed by atoms with van der Waals surface area (Å²) in [5.74, 6) is 0.470. The molecule has 0 radical (unpaired) electrons. The number of aryl methyl sites for hydroxylation is 1. The molecule has 3 aromatic carbocycles. The number of amides is 1. The van der Waals surface area contributed by atoms with Crippen molar-refractivity contribution in [3.63, 3.8) is 0 Å². The van der Waals surface area contributed by atoms with Gasteiger partial charge in [-0.2, -0.15) is 0 Å². The third kappa shape index (κ3) is 5.12.